The fourth-order valence-electron chi connectivity index (χ4n) is 3.19. The van der Waals surface area contributed by atoms with Crippen LogP contribution in [0.5, 0.6) is 5.75 Å². The number of carboxylic acid groups (broad SMARTS) is 1. The Balaban J connectivity index is 1.91. The summed E-state index contributed by atoms with van der Waals surface area (Å²) < 4.78 is 5.18. The van der Waals surface area contributed by atoms with E-state index in [1.165, 1.54) is 11.3 Å². The molecule has 0 spiro atoms. The lowest BCUT2D eigenvalue weighted by Gasteiger charge is -2.22. The van der Waals surface area contributed by atoms with Crippen LogP contribution in [0.15, 0.2) is 41.8 Å². The maximum absolute atomic E-state index is 12.3. The van der Waals surface area contributed by atoms with Crippen LogP contribution in [-0.2, 0) is 4.79 Å². The fraction of sp³-hybridized carbons (Fsp3) is 0.158. The second-order valence-corrected chi connectivity index (χ2v) is 7.93. The minimum atomic E-state index is -0.991. The second-order valence-electron chi connectivity index (χ2n) is 5.90. The number of methoxy groups -OCH3 is 1. The third-order valence-corrected chi connectivity index (χ3v) is 6.64. The Labute approximate surface area is 157 Å². The number of aromatic carboxylic acids is 1. The monoisotopic (exact) mass is 385 g/mol. The van der Waals surface area contributed by atoms with E-state index in [0.717, 1.165) is 15.3 Å². The molecular weight excluding hydrogens is 370 g/mol. The van der Waals surface area contributed by atoms with Crippen molar-refractivity contribution in [1.82, 2.24) is 0 Å². The van der Waals surface area contributed by atoms with Crippen LogP contribution in [0.3, 0.4) is 0 Å². The molecule has 2 aromatic heterocycles. The van der Waals surface area contributed by atoms with Crippen LogP contribution in [-0.4, -0.2) is 24.1 Å². The Bertz CT molecular complexity index is 974. The van der Waals surface area contributed by atoms with Crippen molar-refractivity contribution in [3.8, 4) is 16.9 Å². The van der Waals surface area contributed by atoms with Crippen LogP contribution in [0.2, 0.25) is 0 Å². The quantitative estimate of drug-likeness (QED) is 0.685. The lowest BCUT2D eigenvalue weighted by molar-refractivity contribution is -0.116. The number of ether oxygens (including phenoxy) is 1. The van der Waals surface area contributed by atoms with Gasteiger partial charge >= 0.3 is 5.97 Å². The van der Waals surface area contributed by atoms with Crippen molar-refractivity contribution in [3.63, 3.8) is 0 Å². The molecule has 0 fully saturated rings. The molecule has 132 valence electrons. The highest BCUT2D eigenvalue weighted by molar-refractivity contribution is 7.15. The van der Waals surface area contributed by atoms with Crippen molar-refractivity contribution in [2.75, 3.05) is 12.4 Å². The van der Waals surface area contributed by atoms with Gasteiger partial charge in [-0.1, -0.05) is 18.2 Å². The lowest BCUT2D eigenvalue weighted by atomic mass is 9.93. The SMILES string of the molecule is COc1ccc(-c2c(C(=O)O)sc3c2NC(=O)C[C@H]3c2cccs2)cc1. The number of amides is 1. The minimum Gasteiger partial charge on any atom is -0.497 e. The molecule has 3 heterocycles. The van der Waals surface area contributed by atoms with Crippen LogP contribution in [0, 0.1) is 0 Å². The molecule has 0 saturated carbocycles. The number of benzene rings is 1. The van der Waals surface area contributed by atoms with Crippen molar-refractivity contribution in [1.29, 1.82) is 0 Å². The van der Waals surface area contributed by atoms with Crippen molar-refractivity contribution in [2.45, 2.75) is 12.3 Å². The van der Waals surface area contributed by atoms with Crippen LogP contribution in [0.25, 0.3) is 11.1 Å². The number of nitrogens with one attached hydrogen (secondary N) is 1. The molecule has 0 bridgehead atoms. The van der Waals surface area contributed by atoms with Gasteiger partial charge in [0.1, 0.15) is 10.6 Å². The summed E-state index contributed by atoms with van der Waals surface area (Å²) in [5.41, 5.74) is 1.93. The molecule has 2 N–H and O–H groups in total. The van der Waals surface area contributed by atoms with E-state index in [-0.39, 0.29) is 16.7 Å². The van der Waals surface area contributed by atoms with Crippen LogP contribution in [0.4, 0.5) is 5.69 Å². The summed E-state index contributed by atoms with van der Waals surface area (Å²) in [4.78, 5) is 26.4. The van der Waals surface area contributed by atoms with Gasteiger partial charge in [0.2, 0.25) is 5.91 Å². The highest BCUT2D eigenvalue weighted by Gasteiger charge is 2.34. The zero-order valence-corrected chi connectivity index (χ0v) is 15.4. The van der Waals surface area contributed by atoms with Gasteiger partial charge in [-0.3, -0.25) is 4.79 Å². The number of rotatable bonds is 4. The Morgan fingerprint density at radius 1 is 1.27 bits per heavy atom. The maximum atomic E-state index is 12.3. The molecular formula is C19H15NO4S2. The molecule has 0 unspecified atom stereocenters. The molecule has 0 saturated heterocycles. The number of carboxylic acids is 1. The summed E-state index contributed by atoms with van der Waals surface area (Å²) in [7, 11) is 1.58. The van der Waals surface area contributed by atoms with Gasteiger partial charge in [0.25, 0.3) is 0 Å². The average Bonchev–Trinajstić information content (AvgIpc) is 3.29. The van der Waals surface area contributed by atoms with Crippen molar-refractivity contribution in [3.05, 3.63) is 56.4 Å². The number of fused-ring (bicyclic) bond motifs is 1. The molecule has 5 nitrogen and oxygen atoms in total. The van der Waals surface area contributed by atoms with E-state index in [9.17, 15) is 14.7 Å². The number of anilines is 1. The first-order chi connectivity index (χ1) is 12.6. The predicted molar refractivity (Wildman–Crippen MR) is 103 cm³/mol. The van der Waals surface area contributed by atoms with Gasteiger partial charge < -0.3 is 15.2 Å². The average molecular weight is 385 g/mol. The number of carbonyl (C=O) groups is 2. The molecule has 1 amide bonds. The zero-order valence-electron chi connectivity index (χ0n) is 13.8. The highest BCUT2D eigenvalue weighted by Crippen LogP contribution is 2.50. The van der Waals surface area contributed by atoms with Gasteiger partial charge in [-0.05, 0) is 29.1 Å². The molecule has 26 heavy (non-hydrogen) atoms. The standard InChI is InChI=1S/C19H15NO4S2/c1-24-11-6-4-10(5-7-11)15-16-17(26-18(15)19(22)23)12(9-14(21)20-16)13-3-2-8-25-13/h2-8,12H,9H2,1H3,(H,20,21)(H,22,23)/t12-/m0/s1. The Kier molecular flexibility index (Phi) is 4.26. The lowest BCUT2D eigenvalue weighted by Crippen LogP contribution is -2.22. The third-order valence-electron chi connectivity index (χ3n) is 4.37. The number of thiophene rings is 2. The second kappa shape index (κ2) is 6.59. The molecule has 0 aliphatic carbocycles. The Hall–Kier alpha value is -2.64. The van der Waals surface area contributed by atoms with Gasteiger partial charge in [0.05, 0.1) is 12.8 Å². The third kappa shape index (κ3) is 2.79. The first kappa shape index (κ1) is 16.8. The minimum absolute atomic E-state index is 0.0969. The van der Waals surface area contributed by atoms with E-state index in [0.29, 0.717) is 23.4 Å². The molecule has 4 rings (SSSR count). The summed E-state index contributed by atoms with van der Waals surface area (Å²) >= 11 is 2.83. The van der Waals surface area contributed by atoms with E-state index < -0.39 is 5.97 Å². The van der Waals surface area contributed by atoms with Crippen molar-refractivity contribution < 1.29 is 19.4 Å². The summed E-state index contributed by atoms with van der Waals surface area (Å²) in [6.07, 6.45) is 0.329. The Morgan fingerprint density at radius 3 is 2.65 bits per heavy atom. The summed E-state index contributed by atoms with van der Waals surface area (Å²) in [5.74, 6) is -0.501. The van der Waals surface area contributed by atoms with Gasteiger partial charge in [0.15, 0.2) is 0 Å². The summed E-state index contributed by atoms with van der Waals surface area (Å²) in [6.45, 7) is 0. The van der Waals surface area contributed by atoms with Gasteiger partial charge in [-0.25, -0.2) is 4.79 Å². The van der Waals surface area contributed by atoms with E-state index in [1.807, 2.05) is 29.6 Å². The van der Waals surface area contributed by atoms with Gasteiger partial charge in [0, 0.05) is 27.7 Å². The molecule has 1 aliphatic heterocycles. The molecule has 1 aromatic carbocycles. The number of hydrogen-bond donors (Lipinski definition) is 2. The van der Waals surface area contributed by atoms with Gasteiger partial charge in [-0.15, -0.1) is 22.7 Å². The largest absolute Gasteiger partial charge is 0.497 e. The molecule has 1 atom stereocenters. The first-order valence-electron chi connectivity index (χ1n) is 7.96. The zero-order chi connectivity index (χ0) is 18.3. The van der Waals surface area contributed by atoms with Crippen LogP contribution >= 0.6 is 22.7 Å². The van der Waals surface area contributed by atoms with E-state index in [4.69, 9.17) is 4.74 Å². The topological polar surface area (TPSA) is 75.6 Å². The van der Waals surface area contributed by atoms with Crippen molar-refractivity contribution >= 4 is 40.2 Å². The van der Waals surface area contributed by atoms with Crippen LogP contribution < -0.4 is 10.1 Å². The normalized spacial score (nSPS) is 16.0. The van der Waals surface area contributed by atoms with E-state index in [1.54, 1.807) is 30.6 Å². The van der Waals surface area contributed by atoms with Crippen molar-refractivity contribution in [2.24, 2.45) is 0 Å². The molecule has 3 aromatic rings. The Morgan fingerprint density at radius 2 is 2.04 bits per heavy atom. The summed E-state index contributed by atoms with van der Waals surface area (Å²) in [5, 5.41) is 14.6. The maximum Gasteiger partial charge on any atom is 0.346 e. The molecule has 0 radical (unpaired) electrons. The van der Waals surface area contributed by atoms with Crippen LogP contribution in [0.1, 0.15) is 31.8 Å². The highest BCUT2D eigenvalue weighted by atomic mass is 32.1. The van der Waals surface area contributed by atoms with E-state index >= 15 is 0 Å². The fourth-order valence-corrected chi connectivity index (χ4v) is 5.34. The molecule has 1 aliphatic rings. The number of carbonyl (C=O) groups excluding carboxylic acids is 1. The predicted octanol–water partition coefficient (Wildman–Crippen LogP) is 4.66. The summed E-state index contributed by atoms with van der Waals surface area (Å²) in [6, 6.07) is 11.1. The smallest absolute Gasteiger partial charge is 0.346 e. The molecule has 7 heteroatoms. The van der Waals surface area contributed by atoms with E-state index in [2.05, 4.69) is 5.32 Å². The van der Waals surface area contributed by atoms with Gasteiger partial charge in [-0.2, -0.15) is 0 Å². The number of hydrogen-bond acceptors (Lipinski definition) is 5. The first-order valence-corrected chi connectivity index (χ1v) is 9.65.